The first-order valence-electron chi connectivity index (χ1n) is 11.4. The molecule has 1 unspecified atom stereocenters. The number of ether oxygens (including phenoxy) is 1. The number of carbonyl (C=O) groups is 2. The Labute approximate surface area is 191 Å². The Kier molecular flexibility index (Phi) is 9.08. The molecule has 6 nitrogen and oxygen atoms in total. The Morgan fingerprint density at radius 1 is 1.00 bits per heavy atom. The minimum absolute atomic E-state index is 0.0578. The van der Waals surface area contributed by atoms with Gasteiger partial charge in [0.15, 0.2) is 0 Å². The molecule has 2 fully saturated rings. The zero-order valence-corrected chi connectivity index (χ0v) is 18.7. The molecule has 1 aromatic rings. The number of nitrogens with zero attached hydrogens (tertiary/aromatic N) is 3. The van der Waals surface area contributed by atoms with E-state index in [1.54, 1.807) is 17.0 Å². The van der Waals surface area contributed by atoms with Gasteiger partial charge in [0.1, 0.15) is 12.4 Å². The molecule has 1 atom stereocenters. The average molecular weight is 474 g/mol. The van der Waals surface area contributed by atoms with Crippen LogP contribution in [0.5, 0.6) is 0 Å². The number of piperidine rings is 1. The van der Waals surface area contributed by atoms with Gasteiger partial charge in [0.25, 0.3) is 0 Å². The Hall–Kier alpha value is -2.20. The van der Waals surface area contributed by atoms with Crippen LogP contribution in [0.25, 0.3) is 0 Å². The van der Waals surface area contributed by atoms with Crippen LogP contribution in [-0.4, -0.2) is 91.7 Å². The molecule has 0 aromatic heterocycles. The van der Waals surface area contributed by atoms with Gasteiger partial charge >= 0.3 is 6.18 Å². The quantitative estimate of drug-likeness (QED) is 0.431. The van der Waals surface area contributed by atoms with Crippen molar-refractivity contribution in [3.8, 4) is 0 Å². The second-order valence-electron chi connectivity index (χ2n) is 8.67. The minimum atomic E-state index is -4.30. The number of piperazine rings is 1. The topological polar surface area (TPSA) is 53.1 Å². The lowest BCUT2D eigenvalue weighted by Crippen LogP contribution is -2.53. The summed E-state index contributed by atoms with van der Waals surface area (Å²) in [6.45, 7) is 2.97. The number of likely N-dealkylation sites (tertiary alicyclic amines) is 1. The Morgan fingerprint density at radius 3 is 2.36 bits per heavy atom. The average Bonchev–Trinajstić information content (AvgIpc) is 2.79. The van der Waals surface area contributed by atoms with Gasteiger partial charge in [0, 0.05) is 52.4 Å². The van der Waals surface area contributed by atoms with Crippen LogP contribution in [0.15, 0.2) is 24.3 Å². The van der Waals surface area contributed by atoms with Crippen LogP contribution in [0.1, 0.15) is 24.8 Å². The van der Waals surface area contributed by atoms with E-state index in [0.717, 1.165) is 18.4 Å². The molecule has 0 bridgehead atoms. The summed E-state index contributed by atoms with van der Waals surface area (Å²) in [6, 6.07) is 5.87. The summed E-state index contributed by atoms with van der Waals surface area (Å²) < 4.78 is 54.0. The number of halogens is 4. The fraction of sp³-hybridized carbons (Fsp3) is 0.652. The van der Waals surface area contributed by atoms with E-state index in [1.165, 1.54) is 12.1 Å². The van der Waals surface area contributed by atoms with Gasteiger partial charge in [-0.1, -0.05) is 12.1 Å². The highest BCUT2D eigenvalue weighted by molar-refractivity contribution is 5.82. The minimum Gasteiger partial charge on any atom is -0.372 e. The van der Waals surface area contributed by atoms with Crippen LogP contribution < -0.4 is 0 Å². The van der Waals surface area contributed by atoms with Crippen molar-refractivity contribution in [2.75, 3.05) is 59.0 Å². The molecular weight excluding hydrogens is 442 g/mol. The van der Waals surface area contributed by atoms with Crippen LogP contribution in [-0.2, 0) is 20.7 Å². The molecule has 0 spiro atoms. The van der Waals surface area contributed by atoms with E-state index in [4.69, 9.17) is 0 Å². The largest absolute Gasteiger partial charge is 0.411 e. The Balaban J connectivity index is 1.38. The molecule has 2 amide bonds. The smallest absolute Gasteiger partial charge is 0.372 e. The molecule has 0 radical (unpaired) electrons. The number of hydrogen-bond donors (Lipinski definition) is 0. The van der Waals surface area contributed by atoms with E-state index in [1.807, 2.05) is 4.90 Å². The van der Waals surface area contributed by atoms with Gasteiger partial charge in [0.05, 0.1) is 12.3 Å². The number of carbonyl (C=O) groups excluding carboxylic acids is 2. The van der Waals surface area contributed by atoms with Crippen molar-refractivity contribution in [2.24, 2.45) is 5.92 Å². The lowest BCUT2D eigenvalue weighted by molar-refractivity contribution is -0.174. The lowest BCUT2D eigenvalue weighted by atomic mass is 9.95. The fourth-order valence-electron chi connectivity index (χ4n) is 4.32. The van der Waals surface area contributed by atoms with Gasteiger partial charge in [-0.25, -0.2) is 4.39 Å². The highest BCUT2D eigenvalue weighted by atomic mass is 19.4. The predicted molar refractivity (Wildman–Crippen MR) is 114 cm³/mol. The third-order valence-electron chi connectivity index (χ3n) is 6.10. The van der Waals surface area contributed by atoms with Crippen molar-refractivity contribution in [3.63, 3.8) is 0 Å². The normalized spacial score (nSPS) is 20.2. The van der Waals surface area contributed by atoms with Gasteiger partial charge in [0.2, 0.25) is 11.8 Å². The zero-order valence-electron chi connectivity index (χ0n) is 18.7. The Bertz CT molecular complexity index is 780. The second kappa shape index (κ2) is 11.8. The number of alkyl halides is 3. The summed E-state index contributed by atoms with van der Waals surface area (Å²) in [6.07, 6.45) is -2.09. The number of benzene rings is 1. The predicted octanol–water partition coefficient (Wildman–Crippen LogP) is 2.72. The highest BCUT2D eigenvalue weighted by Crippen LogP contribution is 2.21. The van der Waals surface area contributed by atoms with Crippen LogP contribution in [0.4, 0.5) is 17.6 Å². The number of amides is 2. The first kappa shape index (κ1) is 25.4. The number of hydrogen-bond acceptors (Lipinski definition) is 4. The lowest BCUT2D eigenvalue weighted by Gasteiger charge is -2.39. The van der Waals surface area contributed by atoms with Crippen molar-refractivity contribution in [1.82, 2.24) is 14.7 Å². The summed E-state index contributed by atoms with van der Waals surface area (Å²) in [4.78, 5) is 31.4. The van der Waals surface area contributed by atoms with Crippen LogP contribution in [0.3, 0.4) is 0 Å². The molecule has 0 saturated carbocycles. The Morgan fingerprint density at radius 2 is 1.70 bits per heavy atom. The molecule has 3 rings (SSSR count). The van der Waals surface area contributed by atoms with E-state index in [2.05, 4.69) is 9.64 Å². The van der Waals surface area contributed by atoms with E-state index in [-0.39, 0.29) is 36.6 Å². The molecule has 184 valence electrons. The maximum Gasteiger partial charge on any atom is 0.411 e. The van der Waals surface area contributed by atoms with Crippen molar-refractivity contribution in [2.45, 2.75) is 31.9 Å². The van der Waals surface area contributed by atoms with E-state index in [9.17, 15) is 27.2 Å². The van der Waals surface area contributed by atoms with Gasteiger partial charge in [-0.15, -0.1) is 0 Å². The van der Waals surface area contributed by atoms with Gasteiger partial charge < -0.3 is 14.5 Å². The first-order chi connectivity index (χ1) is 15.7. The summed E-state index contributed by atoms with van der Waals surface area (Å²) in [5, 5.41) is 0. The fourth-order valence-corrected chi connectivity index (χ4v) is 4.32. The zero-order chi connectivity index (χ0) is 23.8. The van der Waals surface area contributed by atoms with Crippen molar-refractivity contribution < 1.29 is 31.9 Å². The standard InChI is InChI=1S/C23H31F4N3O3/c24-20-6-4-18(5-7-20)15-21(31)30-9-1-3-19(16-30)22(32)29-12-10-28(11-13-29)8-2-14-33-17-23(25,26)27/h4-7,19H,1-3,8-17H2. The second-order valence-corrected chi connectivity index (χ2v) is 8.67. The van der Waals surface area contributed by atoms with Crippen molar-refractivity contribution in [1.29, 1.82) is 0 Å². The van der Waals surface area contributed by atoms with Gasteiger partial charge in [-0.3, -0.25) is 14.5 Å². The first-order valence-corrected chi connectivity index (χ1v) is 11.4. The summed E-state index contributed by atoms with van der Waals surface area (Å²) >= 11 is 0. The van der Waals surface area contributed by atoms with Crippen LogP contribution in [0.2, 0.25) is 0 Å². The third kappa shape index (κ3) is 8.26. The van der Waals surface area contributed by atoms with E-state index < -0.39 is 12.8 Å². The highest BCUT2D eigenvalue weighted by Gasteiger charge is 2.32. The van der Waals surface area contributed by atoms with Gasteiger partial charge in [-0.05, 0) is 37.0 Å². The maximum atomic E-state index is 13.1. The van der Waals surface area contributed by atoms with E-state index >= 15 is 0 Å². The molecule has 2 saturated heterocycles. The molecule has 10 heteroatoms. The molecule has 1 aromatic carbocycles. The van der Waals surface area contributed by atoms with Gasteiger partial charge in [-0.2, -0.15) is 13.2 Å². The van der Waals surface area contributed by atoms with Crippen molar-refractivity contribution >= 4 is 11.8 Å². The van der Waals surface area contributed by atoms with Crippen molar-refractivity contribution in [3.05, 3.63) is 35.6 Å². The molecule has 2 heterocycles. The molecular formula is C23H31F4N3O3. The molecule has 2 aliphatic heterocycles. The SMILES string of the molecule is O=C(Cc1ccc(F)cc1)N1CCCC(C(=O)N2CCN(CCCOCC(F)(F)F)CC2)C1. The van der Waals surface area contributed by atoms with E-state index in [0.29, 0.717) is 52.2 Å². The molecule has 33 heavy (non-hydrogen) atoms. The molecule has 0 aliphatic carbocycles. The summed E-state index contributed by atoms with van der Waals surface area (Å²) in [7, 11) is 0. The molecule has 2 aliphatic rings. The third-order valence-corrected chi connectivity index (χ3v) is 6.10. The monoisotopic (exact) mass is 473 g/mol. The maximum absolute atomic E-state index is 13.1. The number of rotatable bonds is 8. The van der Waals surface area contributed by atoms with Crippen LogP contribution >= 0.6 is 0 Å². The van der Waals surface area contributed by atoms with Crippen LogP contribution in [0, 0.1) is 11.7 Å². The summed E-state index contributed by atoms with van der Waals surface area (Å²) in [5.41, 5.74) is 0.745. The molecule has 0 N–H and O–H groups in total. The summed E-state index contributed by atoms with van der Waals surface area (Å²) in [5.74, 6) is -0.568.